The van der Waals surface area contributed by atoms with Crippen LogP contribution in [0.2, 0.25) is 0 Å². The second kappa shape index (κ2) is 5.31. The Bertz CT molecular complexity index is 418. The molecule has 0 aliphatic heterocycles. The minimum Gasteiger partial charge on any atom is -0.389 e. The molecule has 0 saturated carbocycles. The summed E-state index contributed by atoms with van der Waals surface area (Å²) in [5, 5.41) is 2.59. The average Bonchev–Trinajstić information content (AvgIpc) is 2.14. The molecule has 0 atom stereocenters. The second-order valence-electron chi connectivity index (χ2n) is 3.51. The maximum absolute atomic E-state index is 12.0. The maximum atomic E-state index is 12.0. The molecular formula is C10H12F3N3S. The van der Waals surface area contributed by atoms with E-state index >= 15 is 0 Å². The van der Waals surface area contributed by atoms with Gasteiger partial charge in [0.25, 0.3) is 0 Å². The van der Waals surface area contributed by atoms with Crippen LogP contribution in [0.15, 0.2) is 12.3 Å². The minimum absolute atomic E-state index is 0.116. The summed E-state index contributed by atoms with van der Waals surface area (Å²) in [5.74, 6) is 0.293. The van der Waals surface area contributed by atoms with Gasteiger partial charge in [0.15, 0.2) is 0 Å². The first kappa shape index (κ1) is 13.7. The number of hydrogen-bond donors (Lipinski definition) is 2. The zero-order valence-corrected chi connectivity index (χ0v) is 9.95. The first-order valence-electron chi connectivity index (χ1n) is 4.87. The van der Waals surface area contributed by atoms with Crippen LogP contribution in [0.3, 0.4) is 0 Å². The van der Waals surface area contributed by atoms with Gasteiger partial charge < -0.3 is 11.1 Å². The number of anilines is 1. The number of nitrogens with one attached hydrogen (secondary N) is 1. The van der Waals surface area contributed by atoms with Gasteiger partial charge in [0.1, 0.15) is 10.8 Å². The summed E-state index contributed by atoms with van der Waals surface area (Å²) < 4.78 is 36.0. The van der Waals surface area contributed by atoms with E-state index in [1.807, 2.05) is 0 Å². The number of halogens is 3. The Morgan fingerprint density at radius 3 is 2.71 bits per heavy atom. The van der Waals surface area contributed by atoms with Crippen LogP contribution in [-0.2, 0) is 0 Å². The van der Waals surface area contributed by atoms with Crippen molar-refractivity contribution in [1.29, 1.82) is 0 Å². The zero-order valence-electron chi connectivity index (χ0n) is 9.14. The number of rotatable bonds is 4. The van der Waals surface area contributed by atoms with Gasteiger partial charge in [-0.1, -0.05) is 12.2 Å². The Labute approximate surface area is 102 Å². The third-order valence-electron chi connectivity index (χ3n) is 2.11. The predicted octanol–water partition coefficient (Wildman–Crippen LogP) is 2.39. The standard InChI is InChI=1S/C10H12F3N3S/c1-6-2-4-15-9(7(6)8(14)17)16-5-3-10(11,12)13/h2,4H,3,5H2,1H3,(H2,14,17)(H,15,16). The number of aryl methyl sites for hydroxylation is 1. The summed E-state index contributed by atoms with van der Waals surface area (Å²) in [5.41, 5.74) is 6.77. The van der Waals surface area contributed by atoms with Crippen LogP contribution >= 0.6 is 12.2 Å². The van der Waals surface area contributed by atoms with E-state index in [1.165, 1.54) is 6.20 Å². The van der Waals surface area contributed by atoms with Crippen molar-refractivity contribution in [3.8, 4) is 0 Å². The number of nitrogens with zero attached hydrogens (tertiary/aromatic N) is 1. The Hall–Kier alpha value is -1.37. The van der Waals surface area contributed by atoms with Gasteiger partial charge >= 0.3 is 6.18 Å². The van der Waals surface area contributed by atoms with Crippen LogP contribution in [0.4, 0.5) is 19.0 Å². The summed E-state index contributed by atoms with van der Waals surface area (Å²) in [6.07, 6.45) is -3.63. The molecule has 94 valence electrons. The van der Waals surface area contributed by atoms with Crippen LogP contribution in [0.5, 0.6) is 0 Å². The van der Waals surface area contributed by atoms with Gasteiger partial charge in [-0.05, 0) is 18.6 Å². The van der Waals surface area contributed by atoms with E-state index in [2.05, 4.69) is 10.3 Å². The fourth-order valence-corrected chi connectivity index (χ4v) is 1.58. The monoisotopic (exact) mass is 263 g/mol. The SMILES string of the molecule is Cc1ccnc(NCCC(F)(F)F)c1C(N)=S. The number of hydrogen-bond acceptors (Lipinski definition) is 3. The maximum Gasteiger partial charge on any atom is 0.390 e. The molecule has 0 spiro atoms. The Kier molecular flexibility index (Phi) is 4.28. The number of aromatic nitrogens is 1. The summed E-state index contributed by atoms with van der Waals surface area (Å²) in [4.78, 5) is 4.05. The van der Waals surface area contributed by atoms with Crippen LogP contribution in [0.1, 0.15) is 17.5 Å². The number of thiocarbonyl (C=S) groups is 1. The van der Waals surface area contributed by atoms with Gasteiger partial charge in [0.05, 0.1) is 12.0 Å². The third kappa shape index (κ3) is 4.18. The van der Waals surface area contributed by atoms with E-state index in [0.29, 0.717) is 11.4 Å². The van der Waals surface area contributed by atoms with E-state index < -0.39 is 12.6 Å². The second-order valence-corrected chi connectivity index (χ2v) is 3.95. The quantitative estimate of drug-likeness (QED) is 0.819. The van der Waals surface area contributed by atoms with Gasteiger partial charge in [-0.2, -0.15) is 13.2 Å². The minimum atomic E-state index is -4.19. The van der Waals surface area contributed by atoms with Crippen molar-refractivity contribution in [3.05, 3.63) is 23.4 Å². The summed E-state index contributed by atoms with van der Waals surface area (Å²) >= 11 is 4.84. The largest absolute Gasteiger partial charge is 0.390 e. The van der Waals surface area contributed by atoms with E-state index in [0.717, 1.165) is 5.56 Å². The Morgan fingerprint density at radius 1 is 1.53 bits per heavy atom. The molecule has 0 unspecified atom stereocenters. The first-order chi connectivity index (χ1) is 7.81. The number of nitrogens with two attached hydrogens (primary N) is 1. The van der Waals surface area contributed by atoms with Crippen molar-refractivity contribution in [1.82, 2.24) is 4.98 Å². The van der Waals surface area contributed by atoms with Crippen molar-refractivity contribution in [3.63, 3.8) is 0 Å². The van der Waals surface area contributed by atoms with Crippen LogP contribution in [0.25, 0.3) is 0 Å². The fraction of sp³-hybridized carbons (Fsp3) is 0.400. The molecule has 1 aromatic heterocycles. The average molecular weight is 263 g/mol. The molecule has 17 heavy (non-hydrogen) atoms. The van der Waals surface area contributed by atoms with Crippen LogP contribution in [0, 0.1) is 6.92 Å². The summed E-state index contributed by atoms with van der Waals surface area (Å²) in [7, 11) is 0. The molecule has 0 amide bonds. The topological polar surface area (TPSA) is 50.9 Å². The van der Waals surface area contributed by atoms with Gasteiger partial charge in [-0.3, -0.25) is 0 Å². The molecule has 1 rings (SSSR count). The molecule has 0 bridgehead atoms. The molecule has 3 N–H and O–H groups in total. The lowest BCUT2D eigenvalue weighted by atomic mass is 10.1. The van der Waals surface area contributed by atoms with Crippen LogP contribution in [-0.4, -0.2) is 22.7 Å². The van der Waals surface area contributed by atoms with Crippen molar-refractivity contribution >= 4 is 23.0 Å². The normalized spacial score (nSPS) is 11.3. The Balaban J connectivity index is 2.78. The predicted molar refractivity (Wildman–Crippen MR) is 64.0 cm³/mol. The van der Waals surface area contributed by atoms with Crippen molar-refractivity contribution in [2.75, 3.05) is 11.9 Å². The Morgan fingerprint density at radius 2 is 2.18 bits per heavy atom. The molecular weight excluding hydrogens is 251 g/mol. The van der Waals surface area contributed by atoms with Gasteiger partial charge in [-0.15, -0.1) is 0 Å². The highest BCUT2D eigenvalue weighted by molar-refractivity contribution is 7.80. The molecule has 0 saturated heterocycles. The van der Waals surface area contributed by atoms with Crippen molar-refractivity contribution in [2.45, 2.75) is 19.5 Å². The number of pyridine rings is 1. The lowest BCUT2D eigenvalue weighted by molar-refractivity contribution is -0.131. The van der Waals surface area contributed by atoms with Gasteiger partial charge in [0, 0.05) is 12.7 Å². The van der Waals surface area contributed by atoms with E-state index in [-0.39, 0.29) is 11.5 Å². The van der Waals surface area contributed by atoms with E-state index in [4.69, 9.17) is 18.0 Å². The molecule has 0 aliphatic carbocycles. The molecule has 1 aromatic rings. The van der Waals surface area contributed by atoms with E-state index in [9.17, 15) is 13.2 Å². The highest BCUT2D eigenvalue weighted by atomic mass is 32.1. The van der Waals surface area contributed by atoms with Crippen molar-refractivity contribution < 1.29 is 13.2 Å². The zero-order chi connectivity index (χ0) is 13.1. The van der Waals surface area contributed by atoms with Crippen molar-refractivity contribution in [2.24, 2.45) is 5.73 Å². The molecule has 7 heteroatoms. The summed E-state index contributed by atoms with van der Waals surface area (Å²) in [6.45, 7) is 1.51. The number of alkyl halides is 3. The van der Waals surface area contributed by atoms with Gasteiger partial charge in [-0.25, -0.2) is 4.98 Å². The molecule has 0 fully saturated rings. The lowest BCUT2D eigenvalue weighted by Crippen LogP contribution is -2.19. The van der Waals surface area contributed by atoms with Crippen LogP contribution < -0.4 is 11.1 Å². The smallest absolute Gasteiger partial charge is 0.389 e. The van der Waals surface area contributed by atoms with E-state index in [1.54, 1.807) is 13.0 Å². The molecule has 1 heterocycles. The lowest BCUT2D eigenvalue weighted by Gasteiger charge is -2.13. The molecule has 0 radical (unpaired) electrons. The first-order valence-corrected chi connectivity index (χ1v) is 5.28. The highest BCUT2D eigenvalue weighted by Gasteiger charge is 2.26. The highest BCUT2D eigenvalue weighted by Crippen LogP contribution is 2.21. The summed E-state index contributed by atoms with van der Waals surface area (Å²) in [6, 6.07) is 1.70. The fourth-order valence-electron chi connectivity index (χ4n) is 1.33. The molecule has 0 aliphatic rings. The van der Waals surface area contributed by atoms with Gasteiger partial charge in [0.2, 0.25) is 0 Å². The molecule has 3 nitrogen and oxygen atoms in total. The molecule has 0 aromatic carbocycles. The third-order valence-corrected chi connectivity index (χ3v) is 2.31.